The third-order valence-corrected chi connectivity index (χ3v) is 5.91. The number of anilines is 1. The molecular formula is C18H19BrN2O3S. The molecule has 0 saturated carbocycles. The van der Waals surface area contributed by atoms with Gasteiger partial charge in [-0.15, -0.1) is 0 Å². The molecule has 132 valence electrons. The Morgan fingerprint density at radius 2 is 1.92 bits per heavy atom. The van der Waals surface area contributed by atoms with Crippen molar-refractivity contribution in [1.82, 2.24) is 4.31 Å². The first-order valence-electron chi connectivity index (χ1n) is 7.92. The van der Waals surface area contributed by atoms with Gasteiger partial charge >= 0.3 is 0 Å². The molecule has 0 atom stereocenters. The number of carbonyl (C=O) groups is 1. The van der Waals surface area contributed by atoms with Gasteiger partial charge in [-0.2, -0.15) is 4.31 Å². The average Bonchev–Trinajstić information content (AvgIpc) is 2.97. The first kappa shape index (κ1) is 18.1. The number of hydrogen-bond donors (Lipinski definition) is 0. The minimum Gasteiger partial charge on any atom is -0.311 e. The Labute approximate surface area is 156 Å². The molecule has 0 unspecified atom stereocenters. The molecule has 0 fully saturated rings. The summed E-state index contributed by atoms with van der Waals surface area (Å²) >= 11 is 3.43. The molecule has 1 aliphatic heterocycles. The van der Waals surface area contributed by atoms with Crippen molar-refractivity contribution in [3.63, 3.8) is 0 Å². The molecule has 1 amide bonds. The second kappa shape index (κ2) is 7.27. The summed E-state index contributed by atoms with van der Waals surface area (Å²) in [4.78, 5) is 14.4. The molecule has 0 N–H and O–H groups in total. The van der Waals surface area contributed by atoms with E-state index >= 15 is 0 Å². The molecule has 2 aromatic rings. The zero-order valence-corrected chi connectivity index (χ0v) is 16.3. The largest absolute Gasteiger partial charge is 0.311 e. The summed E-state index contributed by atoms with van der Waals surface area (Å²) in [5, 5.41) is 0. The summed E-state index contributed by atoms with van der Waals surface area (Å²) in [6, 6.07) is 15.1. The van der Waals surface area contributed by atoms with Crippen molar-refractivity contribution in [1.29, 1.82) is 0 Å². The van der Waals surface area contributed by atoms with E-state index < -0.39 is 10.0 Å². The van der Waals surface area contributed by atoms with Crippen molar-refractivity contribution in [2.24, 2.45) is 0 Å². The van der Waals surface area contributed by atoms with Crippen LogP contribution in [0, 0.1) is 0 Å². The fraction of sp³-hybridized carbons (Fsp3) is 0.278. The van der Waals surface area contributed by atoms with Crippen LogP contribution in [0.4, 0.5) is 5.69 Å². The Morgan fingerprint density at radius 3 is 2.60 bits per heavy atom. The summed E-state index contributed by atoms with van der Waals surface area (Å²) in [6.07, 6.45) is 1.91. The fourth-order valence-corrected chi connectivity index (χ4v) is 4.08. The van der Waals surface area contributed by atoms with Crippen molar-refractivity contribution in [2.45, 2.75) is 13.0 Å². The Hall–Kier alpha value is -1.70. The maximum Gasteiger partial charge on any atom is 0.242 e. The third-order valence-electron chi connectivity index (χ3n) is 4.22. The van der Waals surface area contributed by atoms with Gasteiger partial charge in [0.05, 0.1) is 12.8 Å². The molecule has 2 aromatic carbocycles. The van der Waals surface area contributed by atoms with E-state index in [9.17, 15) is 13.2 Å². The number of rotatable bonds is 5. The Bertz CT molecular complexity index is 884. The van der Waals surface area contributed by atoms with Crippen LogP contribution in [-0.4, -0.2) is 38.0 Å². The molecule has 0 spiro atoms. The standard InChI is InChI=1S/C18H19BrN2O3S/c1-25(23,24)20(12-14-5-3-2-4-6-14)13-18(22)21-10-9-15-11-16(19)7-8-17(15)21/h2-8,11H,9-10,12-13H2,1H3. The number of sulfonamides is 1. The second-order valence-corrected chi connectivity index (χ2v) is 8.98. The maximum atomic E-state index is 12.7. The van der Waals surface area contributed by atoms with Gasteiger partial charge < -0.3 is 4.90 Å². The van der Waals surface area contributed by atoms with Crippen molar-refractivity contribution < 1.29 is 13.2 Å². The lowest BCUT2D eigenvalue weighted by molar-refractivity contribution is -0.118. The van der Waals surface area contributed by atoms with Crippen molar-refractivity contribution in [3.8, 4) is 0 Å². The van der Waals surface area contributed by atoms with Crippen LogP contribution >= 0.6 is 15.9 Å². The zero-order valence-electron chi connectivity index (χ0n) is 13.9. The van der Waals surface area contributed by atoms with Gasteiger partial charge in [-0.25, -0.2) is 8.42 Å². The molecule has 0 bridgehead atoms. The number of carbonyl (C=O) groups excluding carboxylic acids is 1. The number of benzene rings is 2. The average molecular weight is 423 g/mol. The van der Waals surface area contributed by atoms with Crippen LogP contribution in [0.15, 0.2) is 53.0 Å². The Kier molecular flexibility index (Phi) is 5.27. The SMILES string of the molecule is CS(=O)(=O)N(CC(=O)N1CCc2cc(Br)ccc21)Cc1ccccc1. The minimum absolute atomic E-state index is 0.163. The molecule has 7 heteroatoms. The van der Waals surface area contributed by atoms with Crippen molar-refractivity contribution in [3.05, 3.63) is 64.1 Å². The lowest BCUT2D eigenvalue weighted by Crippen LogP contribution is -2.41. The monoisotopic (exact) mass is 422 g/mol. The second-order valence-electron chi connectivity index (χ2n) is 6.09. The normalized spacial score (nSPS) is 14.0. The number of halogens is 1. The minimum atomic E-state index is -3.49. The van der Waals surface area contributed by atoms with Gasteiger partial charge in [-0.3, -0.25) is 4.79 Å². The molecule has 0 radical (unpaired) electrons. The van der Waals surface area contributed by atoms with E-state index in [1.807, 2.05) is 48.5 Å². The lowest BCUT2D eigenvalue weighted by atomic mass is 10.2. The molecule has 0 aliphatic carbocycles. The molecule has 0 saturated heterocycles. The maximum absolute atomic E-state index is 12.7. The highest BCUT2D eigenvalue weighted by Crippen LogP contribution is 2.30. The van der Waals surface area contributed by atoms with Crippen LogP contribution < -0.4 is 4.90 Å². The van der Waals surface area contributed by atoms with E-state index in [4.69, 9.17) is 0 Å². The van der Waals surface area contributed by atoms with E-state index in [0.29, 0.717) is 6.54 Å². The van der Waals surface area contributed by atoms with Gasteiger partial charge in [-0.1, -0.05) is 46.3 Å². The highest BCUT2D eigenvalue weighted by Gasteiger charge is 2.28. The van der Waals surface area contributed by atoms with E-state index in [-0.39, 0.29) is 19.0 Å². The predicted molar refractivity (Wildman–Crippen MR) is 102 cm³/mol. The summed E-state index contributed by atoms with van der Waals surface area (Å²) in [7, 11) is -3.49. The van der Waals surface area contributed by atoms with Gasteiger partial charge in [0.2, 0.25) is 15.9 Å². The third kappa shape index (κ3) is 4.29. The van der Waals surface area contributed by atoms with Crippen LogP contribution in [0.3, 0.4) is 0 Å². The van der Waals surface area contributed by atoms with E-state index in [1.165, 1.54) is 4.31 Å². The van der Waals surface area contributed by atoms with E-state index in [1.54, 1.807) is 4.90 Å². The van der Waals surface area contributed by atoms with Crippen molar-refractivity contribution >= 4 is 37.5 Å². The Balaban J connectivity index is 1.78. The molecule has 5 nitrogen and oxygen atoms in total. The van der Waals surface area contributed by atoms with Gasteiger partial charge in [0.1, 0.15) is 0 Å². The highest BCUT2D eigenvalue weighted by atomic mass is 79.9. The quantitative estimate of drug-likeness (QED) is 0.743. The van der Waals surface area contributed by atoms with Crippen LogP contribution in [0.1, 0.15) is 11.1 Å². The first-order chi connectivity index (χ1) is 11.8. The predicted octanol–water partition coefficient (Wildman–Crippen LogP) is 2.80. The summed E-state index contributed by atoms with van der Waals surface area (Å²) in [5.41, 5.74) is 2.81. The number of nitrogens with zero attached hydrogens (tertiary/aromatic N) is 2. The van der Waals surface area contributed by atoms with E-state index in [0.717, 1.165) is 34.0 Å². The number of hydrogen-bond acceptors (Lipinski definition) is 3. The van der Waals surface area contributed by atoms with Crippen LogP contribution in [0.5, 0.6) is 0 Å². The molecule has 25 heavy (non-hydrogen) atoms. The van der Waals surface area contributed by atoms with Crippen LogP contribution in [0.25, 0.3) is 0 Å². The highest BCUT2D eigenvalue weighted by molar-refractivity contribution is 9.10. The molecule has 0 aromatic heterocycles. The summed E-state index contributed by atoms with van der Waals surface area (Å²) in [5.74, 6) is -0.206. The lowest BCUT2D eigenvalue weighted by Gasteiger charge is -2.24. The molecular weight excluding hydrogens is 404 g/mol. The summed E-state index contributed by atoms with van der Waals surface area (Å²) in [6.45, 7) is 0.600. The van der Waals surface area contributed by atoms with Gasteiger partial charge in [0.15, 0.2) is 0 Å². The van der Waals surface area contributed by atoms with E-state index in [2.05, 4.69) is 15.9 Å². The van der Waals surface area contributed by atoms with Gasteiger partial charge in [0, 0.05) is 23.2 Å². The Morgan fingerprint density at radius 1 is 1.20 bits per heavy atom. The number of amides is 1. The zero-order chi connectivity index (χ0) is 18.0. The van der Waals surface area contributed by atoms with Crippen molar-refractivity contribution in [2.75, 3.05) is 24.2 Å². The topological polar surface area (TPSA) is 57.7 Å². The van der Waals surface area contributed by atoms with Gasteiger partial charge in [-0.05, 0) is 35.7 Å². The summed E-state index contributed by atoms with van der Waals surface area (Å²) < 4.78 is 26.4. The van der Waals surface area contributed by atoms with Crippen LogP contribution in [-0.2, 0) is 27.8 Å². The molecule has 3 rings (SSSR count). The van der Waals surface area contributed by atoms with Gasteiger partial charge in [0.25, 0.3) is 0 Å². The molecule has 1 aliphatic rings. The molecule has 1 heterocycles. The fourth-order valence-electron chi connectivity index (χ4n) is 2.94. The smallest absolute Gasteiger partial charge is 0.242 e. The number of fused-ring (bicyclic) bond motifs is 1. The van der Waals surface area contributed by atoms with Crippen LogP contribution in [0.2, 0.25) is 0 Å². The first-order valence-corrected chi connectivity index (χ1v) is 10.6.